The average Bonchev–Trinajstić information content (AvgIpc) is 3.07. The summed E-state index contributed by atoms with van der Waals surface area (Å²) >= 11 is 18.2. The first-order chi connectivity index (χ1) is 15.2. The lowest BCUT2D eigenvalue weighted by Crippen LogP contribution is -2.35. The Morgan fingerprint density at radius 2 is 2.06 bits per heavy atom. The standard InChI is InChI=1S/C23H23Cl2NO4S2/c1-23(2)16(11-18(24)25)19(23)21(28)30-14-7-5-13(6-8-14)10-17-20(27)26(22(31)32-17)12-15-4-3-9-29-15/h5-8,10-11,15-16,19H,3-4,9,12H2,1-2H3/b17-10-/t15-,16-,19+/m0/s1. The molecule has 4 rings (SSSR count). The normalized spacial score (nSPS) is 27.7. The molecule has 3 fully saturated rings. The molecule has 2 saturated heterocycles. The summed E-state index contributed by atoms with van der Waals surface area (Å²) in [6.45, 7) is 5.20. The number of ether oxygens (including phenoxy) is 2. The van der Waals surface area contributed by atoms with Crippen molar-refractivity contribution in [3.63, 3.8) is 0 Å². The summed E-state index contributed by atoms with van der Waals surface area (Å²) in [5.74, 6) is -0.302. The van der Waals surface area contributed by atoms with Gasteiger partial charge in [0, 0.05) is 6.61 Å². The van der Waals surface area contributed by atoms with Gasteiger partial charge in [0.1, 0.15) is 14.6 Å². The molecule has 1 amide bonds. The van der Waals surface area contributed by atoms with Crippen LogP contribution in [0.15, 0.2) is 39.7 Å². The fraction of sp³-hybridized carbons (Fsp3) is 0.435. The molecule has 1 aromatic rings. The first-order valence-corrected chi connectivity index (χ1v) is 12.4. The summed E-state index contributed by atoms with van der Waals surface area (Å²) in [5.41, 5.74) is 0.577. The maximum atomic E-state index is 12.8. The minimum absolute atomic E-state index is 0.0455. The Hall–Kier alpha value is -1.38. The fourth-order valence-corrected chi connectivity index (χ4v) is 5.73. The molecular formula is C23H23Cl2NO4S2. The largest absolute Gasteiger partial charge is 0.426 e. The van der Waals surface area contributed by atoms with E-state index in [1.807, 2.05) is 13.8 Å². The van der Waals surface area contributed by atoms with Crippen molar-refractivity contribution in [1.29, 1.82) is 0 Å². The topological polar surface area (TPSA) is 55.8 Å². The second-order valence-corrected chi connectivity index (χ2v) is 11.4. The summed E-state index contributed by atoms with van der Waals surface area (Å²) < 4.78 is 11.9. The summed E-state index contributed by atoms with van der Waals surface area (Å²) in [7, 11) is 0. The Morgan fingerprint density at radius 1 is 1.34 bits per heavy atom. The van der Waals surface area contributed by atoms with Crippen LogP contribution < -0.4 is 4.74 Å². The van der Waals surface area contributed by atoms with Crippen LogP contribution in [0.5, 0.6) is 5.75 Å². The molecule has 170 valence electrons. The number of nitrogens with zero attached hydrogens (tertiary/aromatic N) is 1. The maximum Gasteiger partial charge on any atom is 0.315 e. The van der Waals surface area contributed by atoms with Gasteiger partial charge >= 0.3 is 5.97 Å². The van der Waals surface area contributed by atoms with Crippen LogP contribution in [-0.2, 0) is 14.3 Å². The van der Waals surface area contributed by atoms with Gasteiger partial charge in [-0.05, 0) is 54.0 Å². The van der Waals surface area contributed by atoms with Crippen LogP contribution >= 0.6 is 47.2 Å². The third kappa shape index (κ3) is 5.07. The van der Waals surface area contributed by atoms with Gasteiger partial charge in [-0.25, -0.2) is 0 Å². The number of allylic oxidation sites excluding steroid dienone is 1. The molecule has 2 aliphatic heterocycles. The van der Waals surface area contributed by atoms with Gasteiger partial charge in [-0.1, -0.05) is 73.2 Å². The van der Waals surface area contributed by atoms with Crippen molar-refractivity contribution in [2.75, 3.05) is 13.2 Å². The van der Waals surface area contributed by atoms with Crippen molar-refractivity contribution in [2.24, 2.45) is 17.3 Å². The summed E-state index contributed by atoms with van der Waals surface area (Å²) in [5, 5.41) is 0. The molecule has 1 aliphatic carbocycles. The summed E-state index contributed by atoms with van der Waals surface area (Å²) in [6, 6.07) is 7.04. The molecule has 5 nitrogen and oxygen atoms in total. The number of halogens is 2. The fourth-order valence-electron chi connectivity index (χ4n) is 4.19. The molecule has 0 bridgehead atoms. The number of thioether (sulfide) groups is 1. The molecule has 3 atom stereocenters. The van der Waals surface area contributed by atoms with E-state index in [9.17, 15) is 9.59 Å². The SMILES string of the molecule is CC1(C)[C@@H](C=C(Cl)Cl)[C@@H]1C(=O)Oc1ccc(/C=C2\SC(=S)N(C[C@@H]3CCCO3)C2=O)cc1. The Labute approximate surface area is 207 Å². The molecule has 0 spiro atoms. The van der Waals surface area contributed by atoms with Gasteiger partial charge < -0.3 is 9.47 Å². The Morgan fingerprint density at radius 3 is 2.69 bits per heavy atom. The van der Waals surface area contributed by atoms with Crippen LogP contribution in [0, 0.1) is 17.3 Å². The zero-order valence-corrected chi connectivity index (χ0v) is 20.8. The quantitative estimate of drug-likeness (QED) is 0.215. The van der Waals surface area contributed by atoms with Gasteiger partial charge in [-0.2, -0.15) is 0 Å². The minimum atomic E-state index is -0.311. The first-order valence-electron chi connectivity index (χ1n) is 10.4. The molecule has 0 aromatic heterocycles. The molecule has 32 heavy (non-hydrogen) atoms. The monoisotopic (exact) mass is 511 g/mol. The second-order valence-electron chi connectivity index (χ2n) is 8.70. The van der Waals surface area contributed by atoms with Crippen LogP contribution in [0.25, 0.3) is 6.08 Å². The van der Waals surface area contributed by atoms with E-state index in [1.54, 1.807) is 41.3 Å². The van der Waals surface area contributed by atoms with Crippen LogP contribution in [-0.4, -0.2) is 40.4 Å². The van der Waals surface area contributed by atoms with Crippen molar-refractivity contribution in [3.05, 3.63) is 45.3 Å². The number of esters is 1. The molecule has 0 radical (unpaired) electrons. The Balaban J connectivity index is 1.38. The predicted molar refractivity (Wildman–Crippen MR) is 131 cm³/mol. The van der Waals surface area contributed by atoms with Gasteiger partial charge in [0.05, 0.1) is 23.5 Å². The highest BCUT2D eigenvalue weighted by atomic mass is 35.5. The number of amides is 1. The summed E-state index contributed by atoms with van der Waals surface area (Å²) in [6.07, 6.45) is 5.51. The van der Waals surface area contributed by atoms with E-state index in [4.69, 9.17) is 44.9 Å². The van der Waals surface area contributed by atoms with Crippen molar-refractivity contribution >= 4 is 69.5 Å². The highest BCUT2D eigenvalue weighted by Crippen LogP contribution is 2.60. The van der Waals surface area contributed by atoms with Crippen LogP contribution in [0.4, 0.5) is 0 Å². The molecule has 9 heteroatoms. The van der Waals surface area contributed by atoms with E-state index in [-0.39, 0.29) is 39.7 Å². The number of hydrogen-bond donors (Lipinski definition) is 0. The average molecular weight is 512 g/mol. The smallest absolute Gasteiger partial charge is 0.315 e. The van der Waals surface area contributed by atoms with E-state index >= 15 is 0 Å². The van der Waals surface area contributed by atoms with E-state index in [1.165, 1.54) is 11.8 Å². The molecular weight excluding hydrogens is 489 g/mol. The molecule has 3 aliphatic rings. The Kier molecular flexibility index (Phi) is 7.03. The molecule has 2 heterocycles. The van der Waals surface area contributed by atoms with E-state index in [0.29, 0.717) is 21.5 Å². The van der Waals surface area contributed by atoms with E-state index in [0.717, 1.165) is 25.0 Å². The van der Waals surface area contributed by atoms with Gasteiger partial charge in [0.25, 0.3) is 5.91 Å². The van der Waals surface area contributed by atoms with Gasteiger partial charge in [-0.15, -0.1) is 0 Å². The molecule has 0 N–H and O–H groups in total. The zero-order chi connectivity index (χ0) is 23.0. The van der Waals surface area contributed by atoms with Crippen molar-refractivity contribution in [2.45, 2.75) is 32.8 Å². The van der Waals surface area contributed by atoms with Crippen LogP contribution in [0.3, 0.4) is 0 Å². The number of carbonyl (C=O) groups is 2. The van der Waals surface area contributed by atoms with Crippen LogP contribution in [0.2, 0.25) is 0 Å². The lowest BCUT2D eigenvalue weighted by atomic mass is 10.1. The number of carbonyl (C=O) groups excluding carboxylic acids is 2. The second kappa shape index (κ2) is 9.47. The molecule has 1 saturated carbocycles. The number of rotatable bonds is 6. The zero-order valence-electron chi connectivity index (χ0n) is 17.7. The first kappa shape index (κ1) is 23.8. The highest BCUT2D eigenvalue weighted by molar-refractivity contribution is 8.26. The van der Waals surface area contributed by atoms with Gasteiger partial charge in [0.2, 0.25) is 0 Å². The van der Waals surface area contributed by atoms with Crippen molar-refractivity contribution in [3.8, 4) is 5.75 Å². The number of hydrogen-bond acceptors (Lipinski definition) is 6. The van der Waals surface area contributed by atoms with E-state index in [2.05, 4.69) is 0 Å². The Bertz CT molecular complexity index is 996. The minimum Gasteiger partial charge on any atom is -0.426 e. The third-order valence-corrected chi connectivity index (χ3v) is 7.78. The summed E-state index contributed by atoms with van der Waals surface area (Å²) in [4.78, 5) is 27.5. The third-order valence-electron chi connectivity index (χ3n) is 6.15. The van der Waals surface area contributed by atoms with Gasteiger partial charge in [-0.3, -0.25) is 14.5 Å². The number of thiocarbonyl (C=S) groups is 1. The predicted octanol–water partition coefficient (Wildman–Crippen LogP) is 5.56. The lowest BCUT2D eigenvalue weighted by molar-refractivity contribution is -0.136. The van der Waals surface area contributed by atoms with E-state index < -0.39 is 0 Å². The van der Waals surface area contributed by atoms with Crippen LogP contribution in [0.1, 0.15) is 32.3 Å². The molecule has 1 aromatic carbocycles. The molecule has 0 unspecified atom stereocenters. The highest BCUT2D eigenvalue weighted by Gasteiger charge is 2.61. The van der Waals surface area contributed by atoms with Crippen molar-refractivity contribution in [1.82, 2.24) is 4.90 Å². The van der Waals surface area contributed by atoms with Gasteiger partial charge in [0.15, 0.2) is 0 Å². The van der Waals surface area contributed by atoms with Crippen molar-refractivity contribution < 1.29 is 19.1 Å². The number of benzene rings is 1. The maximum absolute atomic E-state index is 12.8. The lowest BCUT2D eigenvalue weighted by Gasteiger charge is -2.18.